The van der Waals surface area contributed by atoms with Crippen LogP contribution in [0.1, 0.15) is 40.0 Å². The Morgan fingerprint density at radius 2 is 1.64 bits per heavy atom. The Morgan fingerprint density at radius 1 is 1.00 bits per heavy atom. The Hall–Kier alpha value is -0.520. The zero-order valence-electron chi connectivity index (χ0n) is 8.01. The molecule has 11 heavy (non-hydrogen) atoms. The van der Waals surface area contributed by atoms with Gasteiger partial charge in [0, 0.05) is 0 Å². The first-order chi connectivity index (χ1) is 5.27. The molecule has 0 aromatic rings. The average molecular weight is 152 g/mol. The lowest BCUT2D eigenvalue weighted by Gasteiger charge is -1.95. The Balaban J connectivity index is 3.23. The summed E-state index contributed by atoms with van der Waals surface area (Å²) in [5.74, 6) is 0.793. The summed E-state index contributed by atoms with van der Waals surface area (Å²) in [5.41, 5.74) is 0. The van der Waals surface area contributed by atoms with Crippen molar-refractivity contribution in [2.45, 2.75) is 40.0 Å². The SMILES string of the molecule is CCC=CCC=CCC(C)C. The molecular formula is C11H20. The number of rotatable bonds is 5. The van der Waals surface area contributed by atoms with Crippen LogP contribution < -0.4 is 0 Å². The summed E-state index contributed by atoms with van der Waals surface area (Å²) in [6.45, 7) is 6.65. The molecule has 0 nitrogen and oxygen atoms in total. The molecule has 0 aromatic heterocycles. The monoisotopic (exact) mass is 152 g/mol. The van der Waals surface area contributed by atoms with Crippen LogP contribution in [-0.4, -0.2) is 0 Å². The van der Waals surface area contributed by atoms with Crippen molar-refractivity contribution >= 4 is 0 Å². The minimum absolute atomic E-state index is 0.793. The molecule has 0 N–H and O–H groups in total. The normalized spacial score (nSPS) is 12.4. The summed E-state index contributed by atoms with van der Waals surface area (Å²) in [5, 5.41) is 0. The highest BCUT2D eigenvalue weighted by Gasteiger charge is 1.85. The van der Waals surface area contributed by atoms with Gasteiger partial charge in [-0.3, -0.25) is 0 Å². The standard InChI is InChI=1S/C11H20/c1-4-5-6-7-8-9-10-11(2)3/h5-6,8-9,11H,4,7,10H2,1-3H3. The van der Waals surface area contributed by atoms with Crippen molar-refractivity contribution in [3.05, 3.63) is 24.3 Å². The van der Waals surface area contributed by atoms with Crippen molar-refractivity contribution in [1.82, 2.24) is 0 Å². The van der Waals surface area contributed by atoms with Gasteiger partial charge in [0.25, 0.3) is 0 Å². The molecule has 0 saturated carbocycles. The van der Waals surface area contributed by atoms with E-state index in [9.17, 15) is 0 Å². The molecule has 0 aliphatic carbocycles. The van der Waals surface area contributed by atoms with Gasteiger partial charge in [-0.2, -0.15) is 0 Å². The lowest BCUT2D eigenvalue weighted by Crippen LogP contribution is -1.80. The fourth-order valence-corrected chi connectivity index (χ4v) is 0.806. The van der Waals surface area contributed by atoms with Crippen LogP contribution in [0.4, 0.5) is 0 Å². The van der Waals surface area contributed by atoms with E-state index in [0.29, 0.717) is 0 Å². The third-order valence-corrected chi connectivity index (χ3v) is 1.45. The van der Waals surface area contributed by atoms with Crippen LogP contribution in [0.5, 0.6) is 0 Å². The zero-order valence-corrected chi connectivity index (χ0v) is 8.01. The minimum Gasteiger partial charge on any atom is -0.0885 e. The van der Waals surface area contributed by atoms with Crippen molar-refractivity contribution < 1.29 is 0 Å². The first-order valence-corrected chi connectivity index (χ1v) is 4.57. The van der Waals surface area contributed by atoms with Gasteiger partial charge < -0.3 is 0 Å². The molecule has 0 saturated heterocycles. The number of allylic oxidation sites excluding steroid dienone is 4. The maximum Gasteiger partial charge on any atom is -0.0169 e. The Morgan fingerprint density at radius 3 is 2.18 bits per heavy atom. The predicted molar refractivity (Wildman–Crippen MR) is 52.6 cm³/mol. The Kier molecular flexibility index (Phi) is 7.23. The molecular weight excluding hydrogens is 132 g/mol. The molecule has 64 valence electrons. The Bertz CT molecular complexity index is 118. The van der Waals surface area contributed by atoms with E-state index in [1.54, 1.807) is 0 Å². The maximum absolute atomic E-state index is 2.27. The van der Waals surface area contributed by atoms with E-state index in [2.05, 4.69) is 45.1 Å². The molecule has 0 aliphatic rings. The molecule has 0 radical (unpaired) electrons. The smallest absolute Gasteiger partial charge is 0.0169 e. The third kappa shape index (κ3) is 9.48. The van der Waals surface area contributed by atoms with Crippen LogP contribution in [0.15, 0.2) is 24.3 Å². The second-order valence-corrected chi connectivity index (χ2v) is 3.22. The second-order valence-electron chi connectivity index (χ2n) is 3.22. The first-order valence-electron chi connectivity index (χ1n) is 4.57. The van der Waals surface area contributed by atoms with E-state index in [-0.39, 0.29) is 0 Å². The summed E-state index contributed by atoms with van der Waals surface area (Å²) in [4.78, 5) is 0. The third-order valence-electron chi connectivity index (χ3n) is 1.45. The van der Waals surface area contributed by atoms with Crippen LogP contribution in [0.25, 0.3) is 0 Å². The topological polar surface area (TPSA) is 0 Å². The molecule has 0 heteroatoms. The molecule has 0 unspecified atom stereocenters. The van der Waals surface area contributed by atoms with E-state index in [4.69, 9.17) is 0 Å². The van der Waals surface area contributed by atoms with Crippen LogP contribution in [0, 0.1) is 5.92 Å². The Labute approximate surface area is 71.0 Å². The van der Waals surface area contributed by atoms with Crippen LogP contribution in [0.2, 0.25) is 0 Å². The lowest BCUT2D eigenvalue weighted by atomic mass is 10.1. The van der Waals surface area contributed by atoms with Gasteiger partial charge in [0.05, 0.1) is 0 Å². The number of hydrogen-bond acceptors (Lipinski definition) is 0. The molecule has 0 rings (SSSR count). The summed E-state index contributed by atoms with van der Waals surface area (Å²) in [6, 6.07) is 0. The van der Waals surface area contributed by atoms with Gasteiger partial charge in [-0.05, 0) is 25.2 Å². The summed E-state index contributed by atoms with van der Waals surface area (Å²) in [7, 11) is 0. The van der Waals surface area contributed by atoms with Gasteiger partial charge in [-0.15, -0.1) is 0 Å². The van der Waals surface area contributed by atoms with E-state index >= 15 is 0 Å². The summed E-state index contributed by atoms with van der Waals surface area (Å²) >= 11 is 0. The molecule has 0 spiro atoms. The summed E-state index contributed by atoms with van der Waals surface area (Å²) < 4.78 is 0. The predicted octanol–water partition coefficient (Wildman–Crippen LogP) is 3.95. The van der Waals surface area contributed by atoms with Crippen LogP contribution in [0.3, 0.4) is 0 Å². The zero-order chi connectivity index (χ0) is 8.53. The molecule has 0 atom stereocenters. The molecule has 0 amide bonds. The molecule has 0 aliphatic heterocycles. The van der Waals surface area contributed by atoms with E-state index < -0.39 is 0 Å². The summed E-state index contributed by atoms with van der Waals surface area (Å²) in [6.07, 6.45) is 12.4. The highest BCUT2D eigenvalue weighted by molar-refractivity contribution is 4.92. The van der Waals surface area contributed by atoms with Gasteiger partial charge >= 0.3 is 0 Å². The van der Waals surface area contributed by atoms with Gasteiger partial charge in [0.1, 0.15) is 0 Å². The first kappa shape index (κ1) is 10.5. The minimum atomic E-state index is 0.793. The van der Waals surface area contributed by atoms with Crippen molar-refractivity contribution in [2.75, 3.05) is 0 Å². The van der Waals surface area contributed by atoms with Gasteiger partial charge in [0.2, 0.25) is 0 Å². The van der Waals surface area contributed by atoms with Crippen molar-refractivity contribution in [2.24, 2.45) is 5.92 Å². The lowest BCUT2D eigenvalue weighted by molar-refractivity contribution is 0.663. The fraction of sp³-hybridized carbons (Fsp3) is 0.636. The van der Waals surface area contributed by atoms with E-state index in [1.807, 2.05) is 0 Å². The average Bonchev–Trinajstić information content (AvgIpc) is 1.96. The molecule has 0 bridgehead atoms. The van der Waals surface area contributed by atoms with Gasteiger partial charge in [-0.1, -0.05) is 45.1 Å². The van der Waals surface area contributed by atoms with Crippen LogP contribution in [-0.2, 0) is 0 Å². The van der Waals surface area contributed by atoms with Gasteiger partial charge in [-0.25, -0.2) is 0 Å². The highest BCUT2D eigenvalue weighted by Crippen LogP contribution is 2.00. The van der Waals surface area contributed by atoms with E-state index in [0.717, 1.165) is 18.8 Å². The highest BCUT2D eigenvalue weighted by atomic mass is 13.9. The van der Waals surface area contributed by atoms with Crippen molar-refractivity contribution in [3.63, 3.8) is 0 Å². The fourth-order valence-electron chi connectivity index (χ4n) is 0.806. The van der Waals surface area contributed by atoms with Crippen molar-refractivity contribution in [1.29, 1.82) is 0 Å². The maximum atomic E-state index is 2.27. The molecule has 0 fully saturated rings. The number of hydrogen-bond donors (Lipinski definition) is 0. The van der Waals surface area contributed by atoms with Crippen molar-refractivity contribution in [3.8, 4) is 0 Å². The quantitative estimate of drug-likeness (QED) is 0.523. The van der Waals surface area contributed by atoms with Gasteiger partial charge in [0.15, 0.2) is 0 Å². The second kappa shape index (κ2) is 7.59. The van der Waals surface area contributed by atoms with Crippen LogP contribution >= 0.6 is 0 Å². The molecule has 0 aromatic carbocycles. The molecule has 0 heterocycles. The van der Waals surface area contributed by atoms with E-state index in [1.165, 1.54) is 6.42 Å². The largest absolute Gasteiger partial charge is 0.0885 e.